The van der Waals surface area contributed by atoms with Crippen molar-refractivity contribution in [1.82, 2.24) is 20.1 Å². The minimum atomic E-state index is -0.169. The van der Waals surface area contributed by atoms with Crippen molar-refractivity contribution in [2.24, 2.45) is 0 Å². The van der Waals surface area contributed by atoms with Crippen LogP contribution in [-0.4, -0.2) is 27.2 Å². The summed E-state index contributed by atoms with van der Waals surface area (Å²) in [6, 6.07) is 15.8. The fraction of sp³-hybridized carbons (Fsp3) is 0.105. The monoisotopic (exact) mass is 380 g/mol. The van der Waals surface area contributed by atoms with Crippen LogP contribution in [0.3, 0.4) is 0 Å². The molecule has 0 aliphatic carbocycles. The standard InChI is InChI=1S/C19H16N4OS2/c24-18(15-13-26-19(22-15)14-6-2-1-3-7-14)20-12-16(17-8-4-11-25-17)23-10-5-9-21-23/h1-11,13,16H,12H2,(H,20,24)/t16-/m1/s1. The number of thiophene rings is 1. The van der Waals surface area contributed by atoms with Crippen LogP contribution in [0.5, 0.6) is 0 Å². The number of thiazole rings is 1. The van der Waals surface area contributed by atoms with E-state index in [0.717, 1.165) is 15.4 Å². The van der Waals surface area contributed by atoms with Gasteiger partial charge in [0.15, 0.2) is 0 Å². The third-order valence-corrected chi connectivity index (χ3v) is 5.79. The molecule has 1 atom stereocenters. The van der Waals surface area contributed by atoms with Gasteiger partial charge in [0.05, 0.1) is 0 Å². The Morgan fingerprint density at radius 2 is 2.00 bits per heavy atom. The second kappa shape index (κ2) is 7.63. The van der Waals surface area contributed by atoms with E-state index in [9.17, 15) is 4.79 Å². The van der Waals surface area contributed by atoms with Gasteiger partial charge in [-0.15, -0.1) is 22.7 Å². The number of nitrogens with one attached hydrogen (secondary N) is 1. The van der Waals surface area contributed by atoms with Gasteiger partial charge in [-0.3, -0.25) is 9.48 Å². The highest BCUT2D eigenvalue weighted by atomic mass is 32.1. The third-order valence-electron chi connectivity index (χ3n) is 3.93. The molecule has 1 N–H and O–H groups in total. The highest BCUT2D eigenvalue weighted by molar-refractivity contribution is 7.13. The van der Waals surface area contributed by atoms with Gasteiger partial charge >= 0.3 is 0 Å². The van der Waals surface area contributed by atoms with Crippen LogP contribution in [0.4, 0.5) is 0 Å². The summed E-state index contributed by atoms with van der Waals surface area (Å²) in [6.45, 7) is 0.458. The average molecular weight is 380 g/mol. The SMILES string of the molecule is O=C(NC[C@H](c1cccs1)n1cccn1)c1csc(-c2ccccc2)n1. The molecule has 0 unspecified atom stereocenters. The second-order valence-corrected chi connectivity index (χ2v) is 7.47. The lowest BCUT2D eigenvalue weighted by molar-refractivity contribution is 0.0945. The van der Waals surface area contributed by atoms with Gasteiger partial charge in [-0.25, -0.2) is 4.98 Å². The van der Waals surface area contributed by atoms with E-state index in [1.807, 2.05) is 58.7 Å². The predicted molar refractivity (Wildman–Crippen MR) is 105 cm³/mol. The zero-order valence-electron chi connectivity index (χ0n) is 13.8. The first-order valence-electron chi connectivity index (χ1n) is 8.13. The molecule has 0 saturated heterocycles. The number of carbonyl (C=O) groups excluding carboxylic acids is 1. The fourth-order valence-electron chi connectivity index (χ4n) is 2.64. The lowest BCUT2D eigenvalue weighted by Crippen LogP contribution is -2.31. The number of hydrogen-bond acceptors (Lipinski definition) is 5. The fourth-order valence-corrected chi connectivity index (χ4v) is 4.27. The molecule has 0 bridgehead atoms. The Labute approximate surface area is 159 Å². The van der Waals surface area contributed by atoms with E-state index in [-0.39, 0.29) is 11.9 Å². The van der Waals surface area contributed by atoms with Gasteiger partial charge in [0.2, 0.25) is 0 Å². The maximum absolute atomic E-state index is 12.5. The molecule has 1 aromatic carbocycles. The molecule has 3 aromatic heterocycles. The van der Waals surface area contributed by atoms with Crippen LogP contribution >= 0.6 is 22.7 Å². The van der Waals surface area contributed by atoms with Gasteiger partial charge < -0.3 is 5.32 Å². The van der Waals surface area contributed by atoms with Crippen molar-refractivity contribution in [2.75, 3.05) is 6.54 Å². The summed E-state index contributed by atoms with van der Waals surface area (Å²) >= 11 is 3.13. The zero-order valence-corrected chi connectivity index (χ0v) is 15.4. The van der Waals surface area contributed by atoms with E-state index in [4.69, 9.17) is 0 Å². The van der Waals surface area contributed by atoms with Gasteiger partial charge in [-0.2, -0.15) is 5.10 Å². The number of aromatic nitrogens is 3. The highest BCUT2D eigenvalue weighted by Gasteiger charge is 2.18. The van der Waals surface area contributed by atoms with Gasteiger partial charge in [-0.05, 0) is 17.5 Å². The van der Waals surface area contributed by atoms with Crippen LogP contribution in [0.25, 0.3) is 10.6 Å². The number of carbonyl (C=O) groups is 1. The molecule has 0 radical (unpaired) electrons. The summed E-state index contributed by atoms with van der Waals surface area (Å²) in [6.07, 6.45) is 3.65. The first kappa shape index (κ1) is 16.7. The predicted octanol–water partition coefficient (Wildman–Crippen LogP) is 4.09. The van der Waals surface area contributed by atoms with Crippen LogP contribution in [0.15, 0.2) is 71.7 Å². The van der Waals surface area contributed by atoms with Gasteiger partial charge in [0.1, 0.15) is 16.7 Å². The third kappa shape index (κ3) is 3.58. The number of rotatable bonds is 6. The van der Waals surface area contributed by atoms with Gasteiger partial charge in [0.25, 0.3) is 5.91 Å². The maximum atomic E-state index is 12.5. The van der Waals surface area contributed by atoms with Crippen LogP contribution in [0.1, 0.15) is 21.4 Å². The number of nitrogens with zero attached hydrogens (tertiary/aromatic N) is 3. The molecule has 5 nitrogen and oxygen atoms in total. The molecule has 3 heterocycles. The molecule has 0 saturated carbocycles. The molecule has 4 rings (SSSR count). The largest absolute Gasteiger partial charge is 0.348 e. The number of amides is 1. The summed E-state index contributed by atoms with van der Waals surface area (Å²) in [5.41, 5.74) is 1.46. The molecule has 130 valence electrons. The smallest absolute Gasteiger partial charge is 0.270 e. The molecule has 7 heteroatoms. The van der Waals surface area contributed by atoms with E-state index in [0.29, 0.717) is 12.2 Å². The Morgan fingerprint density at radius 3 is 2.73 bits per heavy atom. The molecule has 4 aromatic rings. The van der Waals surface area contributed by atoms with E-state index in [1.165, 1.54) is 11.3 Å². The summed E-state index contributed by atoms with van der Waals surface area (Å²) in [5.74, 6) is -0.169. The summed E-state index contributed by atoms with van der Waals surface area (Å²) in [4.78, 5) is 18.2. The highest BCUT2D eigenvalue weighted by Crippen LogP contribution is 2.24. The molecular formula is C19H16N4OS2. The Kier molecular flexibility index (Phi) is 4.90. The first-order valence-corrected chi connectivity index (χ1v) is 9.89. The summed E-state index contributed by atoms with van der Waals surface area (Å²) in [5, 5.41) is 12.0. The molecule has 0 spiro atoms. The van der Waals surface area contributed by atoms with E-state index in [2.05, 4.69) is 21.5 Å². The van der Waals surface area contributed by atoms with E-state index < -0.39 is 0 Å². The summed E-state index contributed by atoms with van der Waals surface area (Å²) in [7, 11) is 0. The van der Waals surface area contributed by atoms with Crippen LogP contribution in [-0.2, 0) is 0 Å². The van der Waals surface area contributed by atoms with Crippen molar-refractivity contribution >= 4 is 28.6 Å². The van der Waals surface area contributed by atoms with Crippen molar-refractivity contribution in [3.05, 3.63) is 82.3 Å². The molecule has 0 aliphatic rings. The Morgan fingerprint density at radius 1 is 1.12 bits per heavy atom. The van der Waals surface area contributed by atoms with Crippen LogP contribution in [0, 0.1) is 0 Å². The maximum Gasteiger partial charge on any atom is 0.270 e. The van der Waals surface area contributed by atoms with Crippen molar-refractivity contribution in [1.29, 1.82) is 0 Å². The molecule has 0 aliphatic heterocycles. The lowest BCUT2D eigenvalue weighted by Gasteiger charge is -2.16. The van der Waals surface area contributed by atoms with E-state index in [1.54, 1.807) is 22.9 Å². The van der Waals surface area contributed by atoms with E-state index >= 15 is 0 Å². The summed E-state index contributed by atoms with van der Waals surface area (Å²) < 4.78 is 1.86. The second-order valence-electron chi connectivity index (χ2n) is 5.63. The zero-order chi connectivity index (χ0) is 17.8. The van der Waals surface area contributed by atoms with Gasteiger partial charge in [0, 0.05) is 34.8 Å². The molecule has 0 fully saturated rings. The normalized spacial score (nSPS) is 12.0. The first-order chi connectivity index (χ1) is 12.8. The van der Waals surface area contributed by atoms with Gasteiger partial charge in [-0.1, -0.05) is 36.4 Å². The topological polar surface area (TPSA) is 59.8 Å². The Balaban J connectivity index is 1.47. The van der Waals surface area contributed by atoms with Crippen LogP contribution < -0.4 is 5.32 Å². The van der Waals surface area contributed by atoms with Crippen molar-refractivity contribution in [3.8, 4) is 10.6 Å². The number of hydrogen-bond donors (Lipinski definition) is 1. The molecule has 26 heavy (non-hydrogen) atoms. The molecule has 1 amide bonds. The molecular weight excluding hydrogens is 364 g/mol. The quantitative estimate of drug-likeness (QED) is 0.548. The minimum absolute atomic E-state index is 0.0267. The average Bonchev–Trinajstić information content (AvgIpc) is 3.44. The van der Waals surface area contributed by atoms with Crippen molar-refractivity contribution in [3.63, 3.8) is 0 Å². The van der Waals surface area contributed by atoms with Crippen molar-refractivity contribution in [2.45, 2.75) is 6.04 Å². The Hall–Kier alpha value is -2.77. The number of benzene rings is 1. The lowest BCUT2D eigenvalue weighted by atomic mass is 10.2. The Bertz CT molecular complexity index is 928. The van der Waals surface area contributed by atoms with Crippen molar-refractivity contribution < 1.29 is 4.79 Å². The minimum Gasteiger partial charge on any atom is -0.348 e. The van der Waals surface area contributed by atoms with Crippen LogP contribution in [0.2, 0.25) is 0 Å².